The number of carbonyl (C=O) groups is 1. The Labute approximate surface area is 105 Å². The first kappa shape index (κ1) is 12.9. The van der Waals surface area contributed by atoms with E-state index < -0.39 is 0 Å². The van der Waals surface area contributed by atoms with Crippen LogP contribution in [-0.4, -0.2) is 36.5 Å². The van der Waals surface area contributed by atoms with Crippen LogP contribution in [0.1, 0.15) is 46.0 Å². The van der Waals surface area contributed by atoms with Gasteiger partial charge in [-0.2, -0.15) is 0 Å². The summed E-state index contributed by atoms with van der Waals surface area (Å²) >= 11 is 0. The van der Waals surface area contributed by atoms with E-state index in [1.165, 1.54) is 32.1 Å². The van der Waals surface area contributed by atoms with Crippen molar-refractivity contribution < 1.29 is 4.79 Å². The molecule has 1 N–H and O–H groups in total. The second-order valence-corrected chi connectivity index (χ2v) is 5.75. The van der Waals surface area contributed by atoms with Gasteiger partial charge in [0.05, 0.1) is 6.04 Å². The minimum absolute atomic E-state index is 0.0827. The Morgan fingerprint density at radius 3 is 2.88 bits per heavy atom. The third-order valence-electron chi connectivity index (χ3n) is 4.44. The minimum Gasteiger partial charge on any atom is -0.341 e. The minimum atomic E-state index is 0.0827. The van der Waals surface area contributed by atoms with Crippen LogP contribution in [0.3, 0.4) is 0 Å². The maximum Gasteiger partial charge on any atom is 0.239 e. The van der Waals surface area contributed by atoms with Gasteiger partial charge in [0, 0.05) is 13.1 Å². The first-order chi connectivity index (χ1) is 8.22. The first-order valence-corrected chi connectivity index (χ1v) is 7.24. The highest BCUT2D eigenvalue weighted by Crippen LogP contribution is 2.23. The van der Waals surface area contributed by atoms with Gasteiger partial charge in [0.2, 0.25) is 5.91 Å². The van der Waals surface area contributed by atoms with Crippen molar-refractivity contribution in [3.05, 3.63) is 0 Å². The molecule has 3 atom stereocenters. The van der Waals surface area contributed by atoms with E-state index in [-0.39, 0.29) is 6.04 Å². The van der Waals surface area contributed by atoms with E-state index in [1.54, 1.807) is 0 Å². The molecule has 2 fully saturated rings. The van der Waals surface area contributed by atoms with Gasteiger partial charge in [-0.3, -0.25) is 4.79 Å². The highest BCUT2D eigenvalue weighted by molar-refractivity contribution is 5.82. The monoisotopic (exact) mass is 238 g/mol. The lowest BCUT2D eigenvalue weighted by Gasteiger charge is -2.38. The van der Waals surface area contributed by atoms with Crippen LogP contribution in [0.4, 0.5) is 0 Å². The molecule has 3 heteroatoms. The van der Waals surface area contributed by atoms with Crippen molar-refractivity contribution in [3.63, 3.8) is 0 Å². The summed E-state index contributed by atoms with van der Waals surface area (Å²) in [5.41, 5.74) is 0. The van der Waals surface area contributed by atoms with E-state index in [2.05, 4.69) is 24.1 Å². The number of amides is 1. The molecule has 0 aliphatic carbocycles. The summed E-state index contributed by atoms with van der Waals surface area (Å²) in [7, 11) is 0. The van der Waals surface area contributed by atoms with Crippen molar-refractivity contribution >= 4 is 5.91 Å². The molecule has 0 bridgehead atoms. The lowest BCUT2D eigenvalue weighted by Crippen LogP contribution is -2.54. The van der Waals surface area contributed by atoms with Crippen molar-refractivity contribution in [2.24, 2.45) is 11.8 Å². The Morgan fingerprint density at radius 1 is 1.35 bits per heavy atom. The zero-order chi connectivity index (χ0) is 12.3. The van der Waals surface area contributed by atoms with Crippen molar-refractivity contribution in [2.75, 3.05) is 19.6 Å². The van der Waals surface area contributed by atoms with Crippen LogP contribution in [0.15, 0.2) is 0 Å². The summed E-state index contributed by atoms with van der Waals surface area (Å²) in [5, 5.41) is 3.41. The molecule has 17 heavy (non-hydrogen) atoms. The first-order valence-electron chi connectivity index (χ1n) is 7.24. The molecule has 2 aliphatic rings. The molecule has 3 nitrogen and oxygen atoms in total. The number of carbonyl (C=O) groups excluding carboxylic acids is 1. The average molecular weight is 238 g/mol. The van der Waals surface area contributed by atoms with Gasteiger partial charge in [-0.05, 0) is 44.1 Å². The van der Waals surface area contributed by atoms with Gasteiger partial charge in [-0.25, -0.2) is 0 Å². The van der Waals surface area contributed by atoms with E-state index >= 15 is 0 Å². The van der Waals surface area contributed by atoms with Crippen LogP contribution in [0.2, 0.25) is 0 Å². The number of hydrogen-bond donors (Lipinski definition) is 1. The van der Waals surface area contributed by atoms with Crippen LogP contribution in [0.5, 0.6) is 0 Å². The fraction of sp³-hybridized carbons (Fsp3) is 0.929. The van der Waals surface area contributed by atoms with Gasteiger partial charge in [0.25, 0.3) is 0 Å². The van der Waals surface area contributed by atoms with Gasteiger partial charge in [-0.15, -0.1) is 0 Å². The molecule has 0 spiro atoms. The number of likely N-dealkylation sites (tertiary alicyclic amines) is 1. The van der Waals surface area contributed by atoms with E-state index in [0.717, 1.165) is 25.6 Å². The van der Waals surface area contributed by atoms with Crippen molar-refractivity contribution in [2.45, 2.75) is 52.0 Å². The summed E-state index contributed by atoms with van der Waals surface area (Å²) in [6.07, 6.45) is 6.09. The number of rotatable bonds is 2. The molecule has 2 rings (SSSR count). The predicted molar refractivity (Wildman–Crippen MR) is 69.8 cm³/mol. The Hall–Kier alpha value is -0.570. The summed E-state index contributed by atoms with van der Waals surface area (Å²) in [5.74, 6) is 1.58. The molecule has 0 aromatic carbocycles. The standard InChI is InChI=1S/C14H26N2O/c1-3-12-7-5-9-16(10-12)14(17)13-11(2)6-4-8-15-13/h11-13,15H,3-10H2,1-2H3. The third kappa shape index (κ3) is 3.01. The van der Waals surface area contributed by atoms with Crippen molar-refractivity contribution in [1.29, 1.82) is 0 Å². The van der Waals surface area contributed by atoms with Crippen LogP contribution >= 0.6 is 0 Å². The van der Waals surface area contributed by atoms with Gasteiger partial charge in [0.15, 0.2) is 0 Å². The molecule has 2 aliphatic heterocycles. The van der Waals surface area contributed by atoms with E-state index in [4.69, 9.17) is 0 Å². The van der Waals surface area contributed by atoms with Gasteiger partial charge in [0.1, 0.15) is 0 Å². The van der Waals surface area contributed by atoms with Crippen LogP contribution in [-0.2, 0) is 4.79 Å². The van der Waals surface area contributed by atoms with Gasteiger partial charge < -0.3 is 10.2 Å². The molecule has 3 unspecified atom stereocenters. The second kappa shape index (κ2) is 5.85. The smallest absolute Gasteiger partial charge is 0.239 e. The molecule has 2 saturated heterocycles. The molecule has 1 amide bonds. The van der Waals surface area contributed by atoms with Gasteiger partial charge >= 0.3 is 0 Å². The fourth-order valence-corrected chi connectivity index (χ4v) is 3.18. The Morgan fingerprint density at radius 2 is 2.18 bits per heavy atom. The highest BCUT2D eigenvalue weighted by atomic mass is 16.2. The van der Waals surface area contributed by atoms with E-state index in [9.17, 15) is 4.79 Å². The number of hydrogen-bond acceptors (Lipinski definition) is 2. The molecule has 0 aromatic heterocycles. The highest BCUT2D eigenvalue weighted by Gasteiger charge is 2.32. The third-order valence-corrected chi connectivity index (χ3v) is 4.44. The molecule has 0 saturated carbocycles. The van der Waals surface area contributed by atoms with Gasteiger partial charge in [-0.1, -0.05) is 20.3 Å². The lowest BCUT2D eigenvalue weighted by atomic mass is 9.90. The van der Waals surface area contributed by atoms with Crippen LogP contribution in [0.25, 0.3) is 0 Å². The fourth-order valence-electron chi connectivity index (χ4n) is 3.18. The molecular formula is C14H26N2O. The Kier molecular flexibility index (Phi) is 4.43. The molecule has 98 valence electrons. The summed E-state index contributed by atoms with van der Waals surface area (Å²) < 4.78 is 0. The Bertz CT molecular complexity index is 267. The second-order valence-electron chi connectivity index (χ2n) is 5.75. The zero-order valence-electron chi connectivity index (χ0n) is 11.2. The zero-order valence-corrected chi connectivity index (χ0v) is 11.2. The largest absolute Gasteiger partial charge is 0.341 e. The van der Waals surface area contributed by atoms with Crippen LogP contribution < -0.4 is 5.32 Å². The van der Waals surface area contributed by atoms with E-state index in [1.807, 2.05) is 0 Å². The Balaban J connectivity index is 1.93. The number of piperidine rings is 2. The molecule has 2 heterocycles. The molecular weight excluding hydrogens is 212 g/mol. The summed E-state index contributed by atoms with van der Waals surface area (Å²) in [6.45, 7) is 7.41. The lowest BCUT2D eigenvalue weighted by molar-refractivity contribution is -0.137. The maximum atomic E-state index is 12.5. The SMILES string of the molecule is CCC1CCCN(C(=O)C2NCCCC2C)C1. The quantitative estimate of drug-likeness (QED) is 0.798. The summed E-state index contributed by atoms with van der Waals surface area (Å²) in [4.78, 5) is 14.6. The summed E-state index contributed by atoms with van der Waals surface area (Å²) in [6, 6.07) is 0.0827. The number of nitrogens with zero attached hydrogens (tertiary/aromatic N) is 1. The van der Waals surface area contributed by atoms with E-state index in [0.29, 0.717) is 11.8 Å². The van der Waals surface area contributed by atoms with Crippen LogP contribution in [0, 0.1) is 11.8 Å². The molecule has 0 aromatic rings. The van der Waals surface area contributed by atoms with Crippen molar-refractivity contribution in [1.82, 2.24) is 10.2 Å². The average Bonchev–Trinajstić information content (AvgIpc) is 2.38. The number of nitrogens with one attached hydrogen (secondary N) is 1. The molecule has 0 radical (unpaired) electrons. The normalized spacial score (nSPS) is 34.7. The van der Waals surface area contributed by atoms with Crippen molar-refractivity contribution in [3.8, 4) is 0 Å². The topological polar surface area (TPSA) is 32.3 Å². The maximum absolute atomic E-state index is 12.5. The predicted octanol–water partition coefficient (Wildman–Crippen LogP) is 2.02.